The van der Waals surface area contributed by atoms with Gasteiger partial charge in [0.15, 0.2) is 0 Å². The van der Waals surface area contributed by atoms with E-state index in [1.54, 1.807) is 19.0 Å². The Labute approximate surface area is 199 Å². The molecule has 2 aliphatic carbocycles. The molecule has 8 heteroatoms. The van der Waals surface area contributed by atoms with Gasteiger partial charge in [-0.1, -0.05) is 55.0 Å². The summed E-state index contributed by atoms with van der Waals surface area (Å²) < 4.78 is 5.62. The van der Waals surface area contributed by atoms with Gasteiger partial charge in [-0.15, -0.1) is 0 Å². The van der Waals surface area contributed by atoms with Gasteiger partial charge in [0.25, 0.3) is 0 Å². The SMILES string of the molecule is CN(C)CC(NC(=O)C1CCCC1NC(=O)OCC1c2ccccc2-c2ccccc21)C(=O)O. The molecule has 3 unspecified atom stereocenters. The summed E-state index contributed by atoms with van der Waals surface area (Å²) in [6, 6.07) is 14.9. The maximum atomic E-state index is 12.8. The van der Waals surface area contributed by atoms with Crippen LogP contribution in [0.4, 0.5) is 4.79 Å². The Hall–Kier alpha value is -3.39. The summed E-state index contributed by atoms with van der Waals surface area (Å²) in [4.78, 5) is 38.7. The fourth-order valence-corrected chi connectivity index (χ4v) is 5.07. The monoisotopic (exact) mass is 465 g/mol. The van der Waals surface area contributed by atoms with Crippen molar-refractivity contribution in [3.8, 4) is 11.1 Å². The molecule has 8 nitrogen and oxygen atoms in total. The quantitative estimate of drug-likeness (QED) is 0.553. The lowest BCUT2D eigenvalue weighted by atomic mass is 9.98. The molecule has 3 atom stereocenters. The molecule has 2 aromatic carbocycles. The molecule has 0 spiro atoms. The van der Waals surface area contributed by atoms with E-state index in [1.165, 1.54) is 0 Å². The number of carbonyl (C=O) groups excluding carboxylic acids is 2. The van der Waals surface area contributed by atoms with Crippen molar-refractivity contribution in [1.29, 1.82) is 0 Å². The topological polar surface area (TPSA) is 108 Å². The van der Waals surface area contributed by atoms with Gasteiger partial charge < -0.3 is 25.4 Å². The number of fused-ring (bicyclic) bond motifs is 3. The van der Waals surface area contributed by atoms with Gasteiger partial charge in [-0.05, 0) is 49.2 Å². The molecule has 34 heavy (non-hydrogen) atoms. The molecule has 0 bridgehead atoms. The molecule has 0 radical (unpaired) electrons. The van der Waals surface area contributed by atoms with Crippen molar-refractivity contribution in [2.45, 2.75) is 37.3 Å². The Morgan fingerprint density at radius 3 is 2.24 bits per heavy atom. The lowest BCUT2D eigenvalue weighted by Gasteiger charge is -2.24. The van der Waals surface area contributed by atoms with Crippen LogP contribution in [0, 0.1) is 5.92 Å². The number of hydrogen-bond donors (Lipinski definition) is 3. The minimum Gasteiger partial charge on any atom is -0.480 e. The first kappa shape index (κ1) is 23.8. The number of carboxylic acid groups (broad SMARTS) is 1. The summed E-state index contributed by atoms with van der Waals surface area (Å²) in [5, 5.41) is 14.9. The van der Waals surface area contributed by atoms with E-state index in [2.05, 4.69) is 34.9 Å². The summed E-state index contributed by atoms with van der Waals surface area (Å²) in [5.41, 5.74) is 4.58. The van der Waals surface area contributed by atoms with E-state index < -0.39 is 24.0 Å². The summed E-state index contributed by atoms with van der Waals surface area (Å²) >= 11 is 0. The Morgan fingerprint density at radius 2 is 1.65 bits per heavy atom. The average Bonchev–Trinajstić information content (AvgIpc) is 3.39. The summed E-state index contributed by atoms with van der Waals surface area (Å²) in [7, 11) is 3.50. The number of likely N-dealkylation sites (N-methyl/N-ethyl adjacent to an activating group) is 1. The Kier molecular flexibility index (Phi) is 7.17. The van der Waals surface area contributed by atoms with Crippen LogP contribution < -0.4 is 10.6 Å². The number of rotatable bonds is 8. The number of carboxylic acids is 1. The van der Waals surface area contributed by atoms with E-state index in [4.69, 9.17) is 4.74 Å². The number of amides is 2. The van der Waals surface area contributed by atoms with Crippen molar-refractivity contribution in [2.24, 2.45) is 5.92 Å². The zero-order chi connectivity index (χ0) is 24.2. The molecule has 180 valence electrons. The Morgan fingerprint density at radius 1 is 1.03 bits per heavy atom. The van der Waals surface area contributed by atoms with Gasteiger partial charge in [-0.25, -0.2) is 9.59 Å². The molecule has 0 aromatic heterocycles. The standard InChI is InChI=1S/C26H31N3O5/c1-29(2)14-23(25(31)32)27-24(30)20-12-7-13-22(20)28-26(33)34-15-21-18-10-5-3-8-16(18)17-9-4-6-11-19(17)21/h3-6,8-11,20-23H,7,12-15H2,1-2H3,(H,27,30)(H,28,33)(H,31,32). The number of alkyl carbamates (subject to hydrolysis) is 1. The number of ether oxygens (including phenoxy) is 1. The molecule has 3 N–H and O–H groups in total. The highest BCUT2D eigenvalue weighted by atomic mass is 16.5. The molecule has 4 rings (SSSR count). The zero-order valence-electron chi connectivity index (χ0n) is 19.5. The van der Waals surface area contributed by atoms with Crippen molar-refractivity contribution in [2.75, 3.05) is 27.2 Å². The van der Waals surface area contributed by atoms with Crippen LogP contribution in [0.3, 0.4) is 0 Å². The van der Waals surface area contributed by atoms with Crippen molar-refractivity contribution in [3.63, 3.8) is 0 Å². The summed E-state index contributed by atoms with van der Waals surface area (Å²) in [6.07, 6.45) is 1.45. The van der Waals surface area contributed by atoms with Crippen LogP contribution in [0.1, 0.15) is 36.3 Å². The van der Waals surface area contributed by atoms with Crippen LogP contribution in [-0.4, -0.2) is 67.3 Å². The van der Waals surface area contributed by atoms with E-state index in [0.29, 0.717) is 12.8 Å². The molecular weight excluding hydrogens is 434 g/mol. The van der Waals surface area contributed by atoms with Crippen molar-refractivity contribution >= 4 is 18.0 Å². The summed E-state index contributed by atoms with van der Waals surface area (Å²) in [6.45, 7) is 0.394. The molecule has 2 amide bonds. The molecule has 2 aliphatic rings. The molecule has 2 aromatic rings. The van der Waals surface area contributed by atoms with Gasteiger partial charge in [0.2, 0.25) is 5.91 Å². The predicted molar refractivity (Wildman–Crippen MR) is 127 cm³/mol. The van der Waals surface area contributed by atoms with Crippen LogP contribution in [0.15, 0.2) is 48.5 Å². The first-order valence-corrected chi connectivity index (χ1v) is 11.6. The van der Waals surface area contributed by atoms with Crippen molar-refractivity contribution in [3.05, 3.63) is 59.7 Å². The van der Waals surface area contributed by atoms with Crippen LogP contribution >= 0.6 is 0 Å². The van der Waals surface area contributed by atoms with E-state index in [1.807, 2.05) is 24.3 Å². The van der Waals surface area contributed by atoms with E-state index in [0.717, 1.165) is 28.7 Å². The van der Waals surface area contributed by atoms with E-state index in [9.17, 15) is 19.5 Å². The molecule has 0 heterocycles. The van der Waals surface area contributed by atoms with Gasteiger partial charge in [0.1, 0.15) is 12.6 Å². The van der Waals surface area contributed by atoms with E-state index in [-0.39, 0.29) is 31.0 Å². The number of benzene rings is 2. The third kappa shape index (κ3) is 5.07. The summed E-state index contributed by atoms with van der Waals surface area (Å²) in [5.74, 6) is -1.95. The number of aliphatic carboxylic acids is 1. The van der Waals surface area contributed by atoms with Crippen molar-refractivity contribution in [1.82, 2.24) is 15.5 Å². The molecule has 1 fully saturated rings. The number of nitrogens with zero attached hydrogens (tertiary/aromatic N) is 1. The number of carbonyl (C=O) groups is 3. The van der Waals surface area contributed by atoms with Gasteiger partial charge in [0, 0.05) is 18.5 Å². The van der Waals surface area contributed by atoms with Crippen LogP contribution in [0.25, 0.3) is 11.1 Å². The van der Waals surface area contributed by atoms with Crippen molar-refractivity contribution < 1.29 is 24.2 Å². The number of hydrogen-bond acceptors (Lipinski definition) is 5. The predicted octanol–water partition coefficient (Wildman–Crippen LogP) is 2.82. The molecule has 0 saturated heterocycles. The highest BCUT2D eigenvalue weighted by molar-refractivity contribution is 5.86. The van der Waals surface area contributed by atoms with Gasteiger partial charge in [-0.3, -0.25) is 4.79 Å². The molecule has 1 saturated carbocycles. The minimum atomic E-state index is -1.08. The fourth-order valence-electron chi connectivity index (χ4n) is 5.07. The first-order chi connectivity index (χ1) is 16.3. The zero-order valence-corrected chi connectivity index (χ0v) is 19.5. The average molecular weight is 466 g/mol. The largest absolute Gasteiger partial charge is 0.480 e. The van der Waals surface area contributed by atoms with E-state index >= 15 is 0 Å². The second kappa shape index (κ2) is 10.3. The minimum absolute atomic E-state index is 0.0387. The fraction of sp³-hybridized carbons (Fsp3) is 0.423. The third-order valence-corrected chi connectivity index (χ3v) is 6.66. The van der Waals surface area contributed by atoms with Gasteiger partial charge in [-0.2, -0.15) is 0 Å². The smallest absolute Gasteiger partial charge is 0.407 e. The molecule has 0 aliphatic heterocycles. The normalized spacial score (nSPS) is 19.9. The lowest BCUT2D eigenvalue weighted by molar-refractivity contribution is -0.143. The van der Waals surface area contributed by atoms with Gasteiger partial charge >= 0.3 is 12.1 Å². The Bertz CT molecular complexity index is 1020. The second-order valence-electron chi connectivity index (χ2n) is 9.28. The van der Waals surface area contributed by atoms with Gasteiger partial charge in [0.05, 0.1) is 5.92 Å². The maximum Gasteiger partial charge on any atom is 0.407 e. The first-order valence-electron chi connectivity index (χ1n) is 11.6. The third-order valence-electron chi connectivity index (χ3n) is 6.66. The maximum absolute atomic E-state index is 12.8. The highest BCUT2D eigenvalue weighted by Crippen LogP contribution is 2.44. The second-order valence-corrected chi connectivity index (χ2v) is 9.28. The highest BCUT2D eigenvalue weighted by Gasteiger charge is 2.36. The Balaban J connectivity index is 1.36. The lowest BCUT2D eigenvalue weighted by Crippen LogP contribution is -2.51. The molecular formula is C26H31N3O5. The number of nitrogens with one attached hydrogen (secondary N) is 2. The van der Waals surface area contributed by atoms with Crippen LogP contribution in [0.2, 0.25) is 0 Å². The van der Waals surface area contributed by atoms with Crippen LogP contribution in [0.5, 0.6) is 0 Å². The van der Waals surface area contributed by atoms with Crippen LogP contribution in [-0.2, 0) is 14.3 Å².